The number of ether oxygens (including phenoxy) is 2. The molecule has 6 nitrogen and oxygen atoms in total. The maximum absolute atomic E-state index is 12.6. The number of nitrogens with zero attached hydrogens (tertiary/aromatic N) is 2. The number of aromatic nitrogens is 2. The van der Waals surface area contributed by atoms with Crippen molar-refractivity contribution in [2.45, 2.75) is 0 Å². The van der Waals surface area contributed by atoms with E-state index in [9.17, 15) is 4.79 Å². The summed E-state index contributed by atoms with van der Waals surface area (Å²) in [6.45, 7) is 0. The molecule has 0 atom stereocenters. The second-order valence-electron chi connectivity index (χ2n) is 6.42. The van der Waals surface area contributed by atoms with Crippen LogP contribution in [0, 0.1) is 0 Å². The fourth-order valence-electron chi connectivity index (χ4n) is 2.86. The summed E-state index contributed by atoms with van der Waals surface area (Å²) >= 11 is 0. The lowest BCUT2D eigenvalue weighted by atomic mass is 10.1. The Morgan fingerprint density at radius 1 is 0.833 bits per heavy atom. The van der Waals surface area contributed by atoms with Crippen LogP contribution in [0.4, 0.5) is 5.69 Å². The van der Waals surface area contributed by atoms with E-state index in [2.05, 4.69) is 15.3 Å². The molecule has 0 spiro atoms. The van der Waals surface area contributed by atoms with E-state index in [1.807, 2.05) is 54.6 Å². The maximum Gasteiger partial charge on any atom is 0.255 e. The molecule has 6 heteroatoms. The molecule has 1 heterocycles. The third-order valence-electron chi connectivity index (χ3n) is 4.38. The van der Waals surface area contributed by atoms with Crippen molar-refractivity contribution in [3.63, 3.8) is 0 Å². The van der Waals surface area contributed by atoms with Gasteiger partial charge in [0.1, 0.15) is 17.8 Å². The lowest BCUT2D eigenvalue weighted by Gasteiger charge is -2.09. The second-order valence-corrected chi connectivity index (χ2v) is 6.42. The lowest BCUT2D eigenvalue weighted by Crippen LogP contribution is -2.11. The van der Waals surface area contributed by atoms with Crippen LogP contribution in [0.25, 0.3) is 11.3 Å². The number of nitrogens with one attached hydrogen (secondary N) is 1. The van der Waals surface area contributed by atoms with Crippen LogP contribution in [0.5, 0.6) is 17.4 Å². The van der Waals surface area contributed by atoms with E-state index < -0.39 is 0 Å². The number of amides is 1. The summed E-state index contributed by atoms with van der Waals surface area (Å²) in [4.78, 5) is 21.1. The van der Waals surface area contributed by atoms with Crippen molar-refractivity contribution in [1.29, 1.82) is 0 Å². The van der Waals surface area contributed by atoms with Crippen LogP contribution in [0.3, 0.4) is 0 Å². The summed E-state index contributed by atoms with van der Waals surface area (Å²) < 4.78 is 11.0. The predicted molar refractivity (Wildman–Crippen MR) is 115 cm³/mol. The lowest BCUT2D eigenvalue weighted by molar-refractivity contribution is 0.102. The molecule has 0 saturated heterocycles. The monoisotopic (exact) mass is 397 g/mol. The van der Waals surface area contributed by atoms with Crippen molar-refractivity contribution in [2.24, 2.45) is 0 Å². The molecular weight excluding hydrogens is 378 g/mol. The molecule has 1 aromatic heterocycles. The van der Waals surface area contributed by atoms with Gasteiger partial charge in [0.05, 0.1) is 12.8 Å². The van der Waals surface area contributed by atoms with Crippen LogP contribution in [0.15, 0.2) is 91.3 Å². The number of anilines is 1. The number of carbonyl (C=O) groups excluding carboxylic acids is 1. The predicted octanol–water partition coefficient (Wildman–Crippen LogP) is 5.20. The van der Waals surface area contributed by atoms with Crippen LogP contribution in [-0.2, 0) is 0 Å². The van der Waals surface area contributed by atoms with Gasteiger partial charge >= 0.3 is 0 Å². The summed E-state index contributed by atoms with van der Waals surface area (Å²) in [5.41, 5.74) is 2.72. The van der Waals surface area contributed by atoms with Crippen molar-refractivity contribution in [1.82, 2.24) is 9.97 Å². The molecule has 0 saturated carbocycles. The van der Waals surface area contributed by atoms with Crippen molar-refractivity contribution >= 4 is 11.6 Å². The van der Waals surface area contributed by atoms with Crippen LogP contribution in [0.1, 0.15) is 10.4 Å². The molecule has 0 aliphatic heterocycles. The van der Waals surface area contributed by atoms with Crippen molar-refractivity contribution < 1.29 is 14.3 Å². The third-order valence-corrected chi connectivity index (χ3v) is 4.38. The topological polar surface area (TPSA) is 73.3 Å². The van der Waals surface area contributed by atoms with Gasteiger partial charge in [0.2, 0.25) is 5.88 Å². The average molecular weight is 397 g/mol. The zero-order chi connectivity index (χ0) is 20.8. The van der Waals surface area contributed by atoms with E-state index >= 15 is 0 Å². The van der Waals surface area contributed by atoms with E-state index in [4.69, 9.17) is 9.47 Å². The fourth-order valence-corrected chi connectivity index (χ4v) is 2.86. The fraction of sp³-hybridized carbons (Fsp3) is 0.0417. The van der Waals surface area contributed by atoms with E-state index in [0.717, 1.165) is 17.0 Å². The van der Waals surface area contributed by atoms with Crippen molar-refractivity contribution in [3.8, 4) is 28.6 Å². The normalized spacial score (nSPS) is 10.3. The number of para-hydroxylation sites is 1. The molecule has 1 N–H and O–H groups in total. The van der Waals surface area contributed by atoms with Gasteiger partial charge in [0, 0.05) is 22.9 Å². The van der Waals surface area contributed by atoms with E-state index in [1.165, 1.54) is 6.33 Å². The molecule has 0 aliphatic carbocycles. The number of hydrogen-bond acceptors (Lipinski definition) is 5. The van der Waals surface area contributed by atoms with Crippen LogP contribution < -0.4 is 14.8 Å². The molecule has 148 valence electrons. The Hall–Kier alpha value is -4.19. The molecule has 0 bridgehead atoms. The molecule has 0 fully saturated rings. The summed E-state index contributed by atoms with van der Waals surface area (Å²) in [6, 6.07) is 25.5. The van der Waals surface area contributed by atoms with Gasteiger partial charge in [-0.3, -0.25) is 4.79 Å². The minimum absolute atomic E-state index is 0.188. The van der Waals surface area contributed by atoms with Crippen molar-refractivity contribution in [2.75, 3.05) is 12.4 Å². The van der Waals surface area contributed by atoms with E-state index in [1.54, 1.807) is 37.4 Å². The first kappa shape index (κ1) is 19.1. The highest BCUT2D eigenvalue weighted by molar-refractivity contribution is 6.04. The second kappa shape index (κ2) is 8.87. The van der Waals surface area contributed by atoms with Gasteiger partial charge in [-0.15, -0.1) is 0 Å². The molecule has 4 rings (SSSR count). The van der Waals surface area contributed by atoms with Crippen LogP contribution in [0.2, 0.25) is 0 Å². The molecule has 4 aromatic rings. The maximum atomic E-state index is 12.6. The van der Waals surface area contributed by atoms with Crippen LogP contribution in [-0.4, -0.2) is 23.0 Å². The Bertz CT molecular complexity index is 1150. The molecule has 0 radical (unpaired) electrons. The zero-order valence-corrected chi connectivity index (χ0v) is 16.3. The van der Waals surface area contributed by atoms with Gasteiger partial charge in [-0.25, -0.2) is 9.97 Å². The molecule has 0 unspecified atom stereocenters. The summed E-state index contributed by atoms with van der Waals surface area (Å²) in [6.07, 6.45) is 1.44. The van der Waals surface area contributed by atoms with Gasteiger partial charge in [-0.05, 0) is 48.5 Å². The number of hydrogen-bond donors (Lipinski definition) is 1. The van der Waals surface area contributed by atoms with E-state index in [0.29, 0.717) is 22.9 Å². The average Bonchev–Trinajstić information content (AvgIpc) is 2.80. The Balaban J connectivity index is 1.53. The first-order valence-corrected chi connectivity index (χ1v) is 9.32. The Kier molecular flexibility index (Phi) is 5.66. The smallest absolute Gasteiger partial charge is 0.255 e. The quantitative estimate of drug-likeness (QED) is 0.484. The van der Waals surface area contributed by atoms with Gasteiger partial charge < -0.3 is 14.8 Å². The standard InChI is InChI=1S/C24H19N3O3/c1-29-20-10-12-21(13-11-20)30-23-15-22(25-16-26-23)17-6-5-7-18(14-17)24(28)27-19-8-3-2-4-9-19/h2-16H,1H3,(H,27,28). The number of carbonyl (C=O) groups is 1. The molecular formula is C24H19N3O3. The molecule has 30 heavy (non-hydrogen) atoms. The highest BCUT2D eigenvalue weighted by atomic mass is 16.5. The summed E-state index contributed by atoms with van der Waals surface area (Å²) in [5.74, 6) is 1.60. The summed E-state index contributed by atoms with van der Waals surface area (Å²) in [7, 11) is 1.61. The largest absolute Gasteiger partial charge is 0.497 e. The Morgan fingerprint density at radius 2 is 1.60 bits per heavy atom. The summed E-state index contributed by atoms with van der Waals surface area (Å²) in [5, 5.41) is 2.88. The van der Waals surface area contributed by atoms with Crippen molar-refractivity contribution in [3.05, 3.63) is 96.8 Å². The highest BCUT2D eigenvalue weighted by Gasteiger charge is 2.10. The number of benzene rings is 3. The Morgan fingerprint density at radius 3 is 2.37 bits per heavy atom. The van der Waals surface area contributed by atoms with Crippen LogP contribution >= 0.6 is 0 Å². The van der Waals surface area contributed by atoms with Gasteiger partial charge in [-0.1, -0.05) is 30.3 Å². The number of rotatable bonds is 6. The van der Waals surface area contributed by atoms with E-state index in [-0.39, 0.29) is 5.91 Å². The zero-order valence-electron chi connectivity index (χ0n) is 16.3. The number of methoxy groups -OCH3 is 1. The Labute approximate surface area is 174 Å². The molecule has 0 aliphatic rings. The first-order chi connectivity index (χ1) is 14.7. The molecule has 1 amide bonds. The SMILES string of the molecule is COc1ccc(Oc2cc(-c3cccc(C(=O)Nc4ccccc4)c3)ncn2)cc1. The van der Waals surface area contributed by atoms with Gasteiger partial charge in [0.15, 0.2) is 0 Å². The van der Waals surface area contributed by atoms with Gasteiger partial charge in [-0.2, -0.15) is 0 Å². The highest BCUT2D eigenvalue weighted by Crippen LogP contribution is 2.26. The minimum Gasteiger partial charge on any atom is -0.497 e. The molecule has 3 aromatic carbocycles. The van der Waals surface area contributed by atoms with Gasteiger partial charge in [0.25, 0.3) is 5.91 Å². The third kappa shape index (κ3) is 4.62. The minimum atomic E-state index is -0.188. The first-order valence-electron chi connectivity index (χ1n) is 9.32.